The number of quaternary nitrogens is 1. The lowest BCUT2D eigenvalue weighted by molar-refractivity contribution is -0.908. The van der Waals surface area contributed by atoms with Gasteiger partial charge in [0.1, 0.15) is 24.7 Å². The summed E-state index contributed by atoms with van der Waals surface area (Å²) in [5, 5.41) is 2.82. The van der Waals surface area contributed by atoms with Crippen LogP contribution in [0.25, 0.3) is 0 Å². The van der Waals surface area contributed by atoms with Crippen LogP contribution < -0.4 is 15.0 Å². The summed E-state index contributed by atoms with van der Waals surface area (Å²) >= 11 is 0. The van der Waals surface area contributed by atoms with E-state index < -0.39 is 0 Å². The smallest absolute Gasteiger partial charge is 0.257 e. The zero-order valence-corrected chi connectivity index (χ0v) is 12.1. The summed E-state index contributed by atoms with van der Waals surface area (Å²) in [5.74, 6) is 0.0121. The lowest BCUT2D eigenvalue weighted by atomic mass is 10.3. The van der Waals surface area contributed by atoms with Crippen molar-refractivity contribution in [1.29, 1.82) is 0 Å². The molecule has 1 aromatic rings. The van der Waals surface area contributed by atoms with Crippen LogP contribution in [0, 0.1) is 5.82 Å². The Bertz CT molecular complexity index is 433. The highest BCUT2D eigenvalue weighted by Crippen LogP contribution is 2.10. The Labute approximate surface area is 124 Å². The van der Waals surface area contributed by atoms with E-state index in [0.29, 0.717) is 12.3 Å². The Morgan fingerprint density at radius 2 is 2.00 bits per heavy atom. The van der Waals surface area contributed by atoms with Crippen LogP contribution in [0.1, 0.15) is 6.42 Å². The highest BCUT2D eigenvalue weighted by atomic mass is 19.1. The Kier molecular flexibility index (Phi) is 6.43. The van der Waals surface area contributed by atoms with Gasteiger partial charge in [-0.15, -0.1) is 0 Å². The van der Waals surface area contributed by atoms with E-state index in [1.54, 1.807) is 0 Å². The summed E-state index contributed by atoms with van der Waals surface area (Å²) in [6, 6.07) is 5.62. The number of amides is 1. The van der Waals surface area contributed by atoms with E-state index in [1.807, 2.05) is 0 Å². The number of morpholine rings is 1. The fourth-order valence-corrected chi connectivity index (χ4v) is 2.21. The highest BCUT2D eigenvalue weighted by molar-refractivity contribution is 5.77. The molecule has 116 valence electrons. The van der Waals surface area contributed by atoms with Crippen LogP contribution in [0.15, 0.2) is 24.3 Å². The van der Waals surface area contributed by atoms with Crippen LogP contribution in [0.4, 0.5) is 4.39 Å². The van der Waals surface area contributed by atoms with Gasteiger partial charge < -0.3 is 19.7 Å². The highest BCUT2D eigenvalue weighted by Gasteiger charge is 2.12. The van der Waals surface area contributed by atoms with Gasteiger partial charge in [0.15, 0.2) is 6.61 Å². The van der Waals surface area contributed by atoms with Crippen molar-refractivity contribution in [3.05, 3.63) is 30.1 Å². The maximum atomic E-state index is 12.7. The van der Waals surface area contributed by atoms with Gasteiger partial charge in [-0.1, -0.05) is 0 Å². The van der Waals surface area contributed by atoms with E-state index in [-0.39, 0.29) is 18.3 Å². The standard InChI is InChI=1S/C15H21FN2O3/c16-13-2-4-14(5-3-13)21-12-15(19)17-6-1-7-18-8-10-20-11-9-18/h2-5H,1,6-12H2,(H,17,19)/p+1. The van der Waals surface area contributed by atoms with Gasteiger partial charge in [0, 0.05) is 13.0 Å². The molecule has 1 aliphatic heterocycles. The molecule has 6 heteroatoms. The summed E-state index contributed by atoms with van der Waals surface area (Å²) in [6.45, 7) is 5.39. The first-order valence-electron chi connectivity index (χ1n) is 7.30. The number of ether oxygens (including phenoxy) is 2. The minimum absolute atomic E-state index is 0.0456. The number of nitrogens with one attached hydrogen (secondary N) is 2. The van der Waals surface area contributed by atoms with Crippen LogP contribution in [-0.4, -0.2) is 51.9 Å². The minimum Gasteiger partial charge on any atom is -0.484 e. The lowest BCUT2D eigenvalue weighted by Gasteiger charge is -2.23. The van der Waals surface area contributed by atoms with E-state index in [2.05, 4.69) is 5.32 Å². The molecule has 1 amide bonds. The van der Waals surface area contributed by atoms with Crippen molar-refractivity contribution < 1.29 is 23.6 Å². The third kappa shape index (κ3) is 6.10. The molecule has 0 bridgehead atoms. The Hall–Kier alpha value is -1.66. The first-order valence-corrected chi connectivity index (χ1v) is 7.30. The van der Waals surface area contributed by atoms with E-state index in [4.69, 9.17) is 9.47 Å². The fourth-order valence-electron chi connectivity index (χ4n) is 2.21. The van der Waals surface area contributed by atoms with Crippen LogP contribution in [0.5, 0.6) is 5.75 Å². The predicted molar refractivity (Wildman–Crippen MR) is 75.9 cm³/mol. The SMILES string of the molecule is O=C(COc1ccc(F)cc1)NCCC[NH+]1CCOCC1. The third-order valence-electron chi connectivity index (χ3n) is 3.41. The van der Waals surface area contributed by atoms with Crippen molar-refractivity contribution in [3.63, 3.8) is 0 Å². The Balaban J connectivity index is 1.54. The largest absolute Gasteiger partial charge is 0.484 e. The van der Waals surface area contributed by atoms with Gasteiger partial charge >= 0.3 is 0 Å². The molecule has 0 saturated carbocycles. The van der Waals surface area contributed by atoms with Crippen molar-refractivity contribution >= 4 is 5.91 Å². The maximum Gasteiger partial charge on any atom is 0.257 e. The van der Waals surface area contributed by atoms with Gasteiger partial charge in [0.2, 0.25) is 0 Å². The monoisotopic (exact) mass is 297 g/mol. The summed E-state index contributed by atoms with van der Waals surface area (Å²) < 4.78 is 23.3. The number of carbonyl (C=O) groups excluding carboxylic acids is 1. The van der Waals surface area contributed by atoms with Gasteiger partial charge in [-0.3, -0.25) is 4.79 Å². The second-order valence-electron chi connectivity index (χ2n) is 5.06. The van der Waals surface area contributed by atoms with Crippen molar-refractivity contribution in [1.82, 2.24) is 5.32 Å². The van der Waals surface area contributed by atoms with Crippen LogP contribution in [0.2, 0.25) is 0 Å². The summed E-state index contributed by atoms with van der Waals surface area (Å²) in [5.41, 5.74) is 0. The number of benzene rings is 1. The fraction of sp³-hybridized carbons (Fsp3) is 0.533. The van der Waals surface area contributed by atoms with Crippen molar-refractivity contribution in [2.75, 3.05) is 46.0 Å². The predicted octanol–water partition coefficient (Wildman–Crippen LogP) is -0.374. The number of rotatable bonds is 7. The summed E-state index contributed by atoms with van der Waals surface area (Å²) in [7, 11) is 0. The van der Waals surface area contributed by atoms with Crippen molar-refractivity contribution in [2.45, 2.75) is 6.42 Å². The summed E-state index contributed by atoms with van der Waals surface area (Å²) in [6.07, 6.45) is 0.942. The van der Waals surface area contributed by atoms with E-state index in [1.165, 1.54) is 29.2 Å². The molecule has 1 saturated heterocycles. The zero-order valence-electron chi connectivity index (χ0n) is 12.1. The molecular weight excluding hydrogens is 275 g/mol. The molecule has 1 fully saturated rings. The van der Waals surface area contributed by atoms with Crippen LogP contribution in [0.3, 0.4) is 0 Å². The van der Waals surface area contributed by atoms with Gasteiger partial charge in [-0.05, 0) is 24.3 Å². The Morgan fingerprint density at radius 3 is 2.71 bits per heavy atom. The molecule has 0 radical (unpaired) electrons. The first kappa shape index (κ1) is 15.7. The lowest BCUT2D eigenvalue weighted by Crippen LogP contribution is -3.14. The number of hydrogen-bond donors (Lipinski definition) is 2. The maximum absolute atomic E-state index is 12.7. The quantitative estimate of drug-likeness (QED) is 0.675. The molecule has 0 spiro atoms. The molecule has 1 aromatic carbocycles. The first-order chi connectivity index (χ1) is 10.2. The van der Waals surface area contributed by atoms with Gasteiger partial charge in [-0.2, -0.15) is 0 Å². The molecule has 2 N–H and O–H groups in total. The Morgan fingerprint density at radius 1 is 1.29 bits per heavy atom. The molecule has 0 aromatic heterocycles. The molecule has 1 aliphatic rings. The van der Waals surface area contributed by atoms with Gasteiger partial charge in [0.05, 0.1) is 19.8 Å². The third-order valence-corrected chi connectivity index (χ3v) is 3.41. The number of hydrogen-bond acceptors (Lipinski definition) is 3. The summed E-state index contributed by atoms with van der Waals surface area (Å²) in [4.78, 5) is 13.1. The van der Waals surface area contributed by atoms with E-state index >= 15 is 0 Å². The van der Waals surface area contributed by atoms with Crippen molar-refractivity contribution in [2.24, 2.45) is 0 Å². The molecule has 1 heterocycles. The average Bonchev–Trinajstić information content (AvgIpc) is 2.52. The number of carbonyl (C=O) groups is 1. The molecule has 0 unspecified atom stereocenters. The van der Waals surface area contributed by atoms with E-state index in [9.17, 15) is 9.18 Å². The normalized spacial score (nSPS) is 15.7. The minimum atomic E-state index is -0.322. The molecule has 0 aliphatic carbocycles. The molecule has 0 atom stereocenters. The van der Waals surface area contributed by atoms with Gasteiger partial charge in [-0.25, -0.2) is 4.39 Å². The molecule has 5 nitrogen and oxygen atoms in total. The van der Waals surface area contributed by atoms with Crippen LogP contribution >= 0.6 is 0 Å². The molecular formula is C15H22FN2O3+. The topological polar surface area (TPSA) is 52.0 Å². The second-order valence-corrected chi connectivity index (χ2v) is 5.06. The molecule has 21 heavy (non-hydrogen) atoms. The van der Waals surface area contributed by atoms with E-state index in [0.717, 1.165) is 39.3 Å². The van der Waals surface area contributed by atoms with Crippen LogP contribution in [-0.2, 0) is 9.53 Å². The zero-order chi connectivity index (χ0) is 14.9. The van der Waals surface area contributed by atoms with Crippen molar-refractivity contribution in [3.8, 4) is 5.75 Å². The molecule has 2 rings (SSSR count). The number of halogens is 1. The van der Waals surface area contributed by atoms with Gasteiger partial charge in [0.25, 0.3) is 5.91 Å². The average molecular weight is 297 g/mol. The second kappa shape index (κ2) is 8.59.